The number of benzene rings is 2. The van der Waals surface area contributed by atoms with Crippen LogP contribution in [0.25, 0.3) is 22.6 Å². The van der Waals surface area contributed by atoms with Crippen molar-refractivity contribution in [1.29, 1.82) is 0 Å². The maximum atomic E-state index is 13.9. The Bertz CT molecular complexity index is 1090. The van der Waals surface area contributed by atoms with Crippen LogP contribution in [0.2, 0.25) is 0 Å². The Morgan fingerprint density at radius 2 is 2.00 bits per heavy atom. The normalized spacial score (nSPS) is 10.8. The lowest BCUT2D eigenvalue weighted by Gasteiger charge is -2.09. The number of halogens is 1. The standard InChI is InChI=1S/C20H17FN4OS/c1-12-10-22-19(23-12)15-8-7-13(9-18(15)26-2)24-20-25-17(11-27-20)14-5-3-4-6-16(14)21/h3-11H,1-2H3,(H,22,23)(H,24,25). The molecule has 2 heterocycles. The van der Waals surface area contributed by atoms with Crippen LogP contribution >= 0.6 is 11.3 Å². The van der Waals surface area contributed by atoms with Crippen molar-refractivity contribution in [3.05, 3.63) is 65.6 Å². The average Bonchev–Trinajstić information content (AvgIpc) is 3.31. The van der Waals surface area contributed by atoms with Gasteiger partial charge in [0, 0.05) is 34.6 Å². The molecule has 0 spiro atoms. The second kappa shape index (κ2) is 7.20. The highest BCUT2D eigenvalue weighted by Gasteiger charge is 2.12. The summed E-state index contributed by atoms with van der Waals surface area (Å²) in [6, 6.07) is 12.4. The molecule has 0 unspecified atom stereocenters. The highest BCUT2D eigenvalue weighted by atomic mass is 32.1. The summed E-state index contributed by atoms with van der Waals surface area (Å²) in [7, 11) is 1.62. The molecule has 0 saturated carbocycles. The summed E-state index contributed by atoms with van der Waals surface area (Å²) in [4.78, 5) is 12.0. The fourth-order valence-electron chi connectivity index (χ4n) is 2.76. The fourth-order valence-corrected chi connectivity index (χ4v) is 3.49. The first-order valence-electron chi connectivity index (χ1n) is 8.31. The van der Waals surface area contributed by atoms with E-state index >= 15 is 0 Å². The highest BCUT2D eigenvalue weighted by molar-refractivity contribution is 7.14. The topological polar surface area (TPSA) is 62.8 Å². The lowest BCUT2D eigenvalue weighted by atomic mass is 10.1. The molecule has 0 saturated heterocycles. The van der Waals surface area contributed by atoms with Gasteiger partial charge in [0.2, 0.25) is 0 Å². The van der Waals surface area contributed by atoms with Crippen LogP contribution in [0, 0.1) is 12.7 Å². The zero-order valence-electron chi connectivity index (χ0n) is 14.8. The number of aromatic nitrogens is 3. The summed E-state index contributed by atoms with van der Waals surface area (Å²) < 4.78 is 19.4. The Morgan fingerprint density at radius 3 is 2.74 bits per heavy atom. The Hall–Kier alpha value is -3.19. The number of anilines is 2. The van der Waals surface area contributed by atoms with Crippen molar-refractivity contribution in [3.63, 3.8) is 0 Å². The fraction of sp³-hybridized carbons (Fsp3) is 0.100. The zero-order valence-corrected chi connectivity index (χ0v) is 15.6. The predicted octanol–water partition coefficient (Wildman–Crippen LogP) is 5.40. The van der Waals surface area contributed by atoms with Crippen molar-refractivity contribution in [1.82, 2.24) is 15.0 Å². The van der Waals surface area contributed by atoms with Crippen molar-refractivity contribution >= 4 is 22.2 Å². The van der Waals surface area contributed by atoms with E-state index < -0.39 is 0 Å². The van der Waals surface area contributed by atoms with E-state index in [-0.39, 0.29) is 5.82 Å². The average molecular weight is 380 g/mol. The molecule has 136 valence electrons. The number of nitrogens with zero attached hydrogens (tertiary/aromatic N) is 2. The number of aromatic amines is 1. The molecule has 0 atom stereocenters. The molecule has 2 N–H and O–H groups in total. The molecule has 0 bridgehead atoms. The molecule has 4 rings (SSSR count). The lowest BCUT2D eigenvalue weighted by molar-refractivity contribution is 0.416. The molecular weight excluding hydrogens is 363 g/mol. The highest BCUT2D eigenvalue weighted by Crippen LogP contribution is 2.33. The van der Waals surface area contributed by atoms with Gasteiger partial charge in [0.1, 0.15) is 17.4 Å². The molecule has 0 radical (unpaired) electrons. The van der Waals surface area contributed by atoms with E-state index in [9.17, 15) is 4.39 Å². The number of hydrogen-bond donors (Lipinski definition) is 2. The first-order chi connectivity index (χ1) is 13.1. The van der Waals surface area contributed by atoms with E-state index in [1.807, 2.05) is 30.5 Å². The summed E-state index contributed by atoms with van der Waals surface area (Å²) in [6.45, 7) is 1.95. The molecule has 0 aliphatic heterocycles. The van der Waals surface area contributed by atoms with Crippen molar-refractivity contribution in [2.75, 3.05) is 12.4 Å². The number of methoxy groups -OCH3 is 1. The van der Waals surface area contributed by atoms with Crippen molar-refractivity contribution in [2.24, 2.45) is 0 Å². The van der Waals surface area contributed by atoms with Crippen LogP contribution in [0.3, 0.4) is 0 Å². The monoisotopic (exact) mass is 380 g/mol. The Kier molecular flexibility index (Phi) is 4.60. The second-order valence-corrected chi connectivity index (χ2v) is 6.83. The molecule has 27 heavy (non-hydrogen) atoms. The van der Waals surface area contributed by atoms with E-state index in [1.54, 1.807) is 31.5 Å². The molecule has 7 heteroatoms. The number of nitrogens with one attached hydrogen (secondary N) is 2. The lowest BCUT2D eigenvalue weighted by Crippen LogP contribution is -1.94. The molecule has 0 aliphatic rings. The van der Waals surface area contributed by atoms with Gasteiger partial charge < -0.3 is 15.0 Å². The number of thiazole rings is 1. The first kappa shape index (κ1) is 17.2. The Morgan fingerprint density at radius 1 is 1.15 bits per heavy atom. The SMILES string of the molecule is COc1cc(Nc2nc(-c3ccccc3F)cs2)ccc1-c1ncc(C)[nH]1. The third-order valence-corrected chi connectivity index (χ3v) is 4.82. The quantitative estimate of drug-likeness (QED) is 0.487. The van der Waals surface area contributed by atoms with Gasteiger partial charge in [0.15, 0.2) is 5.13 Å². The summed E-state index contributed by atoms with van der Waals surface area (Å²) in [5, 5.41) is 5.76. The molecule has 0 aliphatic carbocycles. The first-order valence-corrected chi connectivity index (χ1v) is 9.19. The van der Waals surface area contributed by atoms with Crippen LogP contribution in [-0.4, -0.2) is 22.1 Å². The summed E-state index contributed by atoms with van der Waals surface area (Å²) in [5.74, 6) is 1.17. The van der Waals surface area contributed by atoms with Gasteiger partial charge in [-0.15, -0.1) is 11.3 Å². The predicted molar refractivity (Wildman–Crippen MR) is 106 cm³/mol. The Balaban J connectivity index is 1.59. The van der Waals surface area contributed by atoms with E-state index in [2.05, 4.69) is 20.3 Å². The number of H-pyrrole nitrogens is 1. The van der Waals surface area contributed by atoms with Crippen LogP contribution in [0.5, 0.6) is 5.75 Å². The van der Waals surface area contributed by atoms with Gasteiger partial charge in [0.05, 0.1) is 18.4 Å². The molecular formula is C20H17FN4OS. The largest absolute Gasteiger partial charge is 0.496 e. The Labute approximate surface area is 159 Å². The van der Waals surface area contributed by atoms with Crippen molar-refractivity contribution < 1.29 is 9.13 Å². The van der Waals surface area contributed by atoms with Gasteiger partial charge in [-0.1, -0.05) is 12.1 Å². The third-order valence-electron chi connectivity index (χ3n) is 4.06. The smallest absolute Gasteiger partial charge is 0.187 e. The van der Waals surface area contributed by atoms with E-state index in [0.717, 1.165) is 22.8 Å². The van der Waals surface area contributed by atoms with Crippen LogP contribution in [0.15, 0.2) is 54.0 Å². The molecule has 2 aromatic heterocycles. The van der Waals surface area contributed by atoms with Gasteiger partial charge in [-0.2, -0.15) is 0 Å². The maximum Gasteiger partial charge on any atom is 0.187 e. The van der Waals surface area contributed by atoms with Crippen LogP contribution in [0.4, 0.5) is 15.2 Å². The van der Waals surface area contributed by atoms with Crippen LogP contribution in [-0.2, 0) is 0 Å². The van der Waals surface area contributed by atoms with E-state index in [4.69, 9.17) is 4.74 Å². The summed E-state index contributed by atoms with van der Waals surface area (Å²) in [5.41, 5.74) is 3.78. The minimum absolute atomic E-state index is 0.283. The second-order valence-electron chi connectivity index (χ2n) is 5.97. The minimum atomic E-state index is -0.283. The van der Waals surface area contributed by atoms with E-state index in [1.165, 1.54) is 17.4 Å². The van der Waals surface area contributed by atoms with Gasteiger partial charge >= 0.3 is 0 Å². The van der Waals surface area contributed by atoms with Gasteiger partial charge in [0.25, 0.3) is 0 Å². The number of rotatable bonds is 5. The van der Waals surface area contributed by atoms with Gasteiger partial charge in [-0.05, 0) is 31.2 Å². The zero-order chi connectivity index (χ0) is 18.8. The number of hydrogen-bond acceptors (Lipinski definition) is 5. The molecule has 0 amide bonds. The van der Waals surface area contributed by atoms with Gasteiger partial charge in [-0.3, -0.25) is 0 Å². The summed E-state index contributed by atoms with van der Waals surface area (Å²) >= 11 is 1.42. The number of imidazole rings is 1. The van der Waals surface area contributed by atoms with Crippen molar-refractivity contribution in [2.45, 2.75) is 6.92 Å². The van der Waals surface area contributed by atoms with Gasteiger partial charge in [-0.25, -0.2) is 14.4 Å². The van der Waals surface area contributed by atoms with E-state index in [0.29, 0.717) is 22.1 Å². The third kappa shape index (κ3) is 3.54. The minimum Gasteiger partial charge on any atom is -0.496 e. The summed E-state index contributed by atoms with van der Waals surface area (Å²) in [6.07, 6.45) is 1.78. The molecule has 4 aromatic rings. The molecule has 5 nitrogen and oxygen atoms in total. The molecule has 2 aromatic carbocycles. The van der Waals surface area contributed by atoms with Crippen LogP contribution < -0.4 is 10.1 Å². The number of aryl methyl sites for hydroxylation is 1. The molecule has 0 fully saturated rings. The van der Waals surface area contributed by atoms with Crippen molar-refractivity contribution in [3.8, 4) is 28.4 Å². The maximum absolute atomic E-state index is 13.9. The number of ether oxygens (including phenoxy) is 1. The van der Waals surface area contributed by atoms with Crippen LogP contribution in [0.1, 0.15) is 5.69 Å².